The Kier molecular flexibility index (Phi) is 4.99. The third-order valence-corrected chi connectivity index (χ3v) is 3.53. The van der Waals surface area contributed by atoms with Crippen molar-refractivity contribution in [1.29, 1.82) is 0 Å². The average Bonchev–Trinajstić information content (AvgIpc) is 3.06. The van der Waals surface area contributed by atoms with Gasteiger partial charge in [0, 0.05) is 18.6 Å². The van der Waals surface area contributed by atoms with Crippen LogP contribution < -0.4 is 5.32 Å². The Hall–Kier alpha value is -3.28. The fraction of sp³-hybridized carbons (Fsp3) is 0.105. The van der Waals surface area contributed by atoms with Crippen molar-refractivity contribution in [3.05, 3.63) is 89.3 Å². The van der Waals surface area contributed by atoms with Gasteiger partial charge >= 0.3 is 0 Å². The Bertz CT molecular complexity index is 890. The molecule has 1 N–H and O–H groups in total. The van der Waals surface area contributed by atoms with E-state index in [-0.39, 0.29) is 17.3 Å². The summed E-state index contributed by atoms with van der Waals surface area (Å²) in [7, 11) is 0. The van der Waals surface area contributed by atoms with Crippen LogP contribution in [0.3, 0.4) is 0 Å². The number of aromatic nitrogens is 2. The SMILES string of the molecule is Cc1nc(C(NC(=O)/C=C/c2ccccc2)c2ccccc2F)no1. The Labute approximate surface area is 144 Å². The predicted octanol–water partition coefficient (Wildman–Crippen LogP) is 3.44. The first-order valence-electron chi connectivity index (χ1n) is 7.72. The van der Waals surface area contributed by atoms with Crippen LogP contribution in [-0.2, 0) is 4.79 Å². The van der Waals surface area contributed by atoms with Crippen molar-refractivity contribution in [3.8, 4) is 0 Å². The minimum absolute atomic E-state index is 0.198. The Balaban J connectivity index is 1.84. The van der Waals surface area contributed by atoms with E-state index in [0.29, 0.717) is 5.89 Å². The minimum atomic E-state index is -0.841. The first-order chi connectivity index (χ1) is 12.1. The molecule has 1 atom stereocenters. The summed E-state index contributed by atoms with van der Waals surface area (Å²) >= 11 is 0. The molecule has 1 aromatic heterocycles. The molecule has 0 fully saturated rings. The number of benzene rings is 2. The van der Waals surface area contributed by atoms with Crippen molar-refractivity contribution >= 4 is 12.0 Å². The summed E-state index contributed by atoms with van der Waals surface area (Å²) in [5, 5.41) is 6.54. The lowest BCUT2D eigenvalue weighted by molar-refractivity contribution is -0.117. The van der Waals surface area contributed by atoms with E-state index in [9.17, 15) is 9.18 Å². The molecule has 25 heavy (non-hydrogen) atoms. The molecule has 0 aliphatic carbocycles. The van der Waals surface area contributed by atoms with E-state index in [2.05, 4.69) is 15.5 Å². The number of carbonyl (C=O) groups excluding carboxylic acids is 1. The van der Waals surface area contributed by atoms with Crippen LogP contribution in [0.25, 0.3) is 6.08 Å². The number of hydrogen-bond acceptors (Lipinski definition) is 4. The number of nitrogens with one attached hydrogen (secondary N) is 1. The van der Waals surface area contributed by atoms with Crippen molar-refractivity contribution in [2.75, 3.05) is 0 Å². The first kappa shape index (κ1) is 16.6. The van der Waals surface area contributed by atoms with Crippen molar-refractivity contribution in [2.45, 2.75) is 13.0 Å². The zero-order valence-electron chi connectivity index (χ0n) is 13.5. The number of carbonyl (C=O) groups is 1. The standard InChI is InChI=1S/C19H16FN3O2/c1-13-21-19(23-25-13)18(15-9-5-6-10-16(15)20)22-17(24)12-11-14-7-3-2-4-8-14/h2-12,18H,1H3,(H,22,24)/b12-11+. The molecule has 3 rings (SSSR count). The summed E-state index contributed by atoms with van der Waals surface area (Å²) in [6.45, 7) is 1.63. The first-order valence-corrected chi connectivity index (χ1v) is 7.72. The summed E-state index contributed by atoms with van der Waals surface area (Å²) in [6, 6.07) is 14.7. The normalized spacial score (nSPS) is 12.2. The zero-order chi connectivity index (χ0) is 17.6. The highest BCUT2D eigenvalue weighted by atomic mass is 19.1. The summed E-state index contributed by atoms with van der Waals surface area (Å²) in [6.07, 6.45) is 3.06. The number of halogens is 1. The Morgan fingerprint density at radius 1 is 1.16 bits per heavy atom. The van der Waals surface area contributed by atoms with Gasteiger partial charge in [0.2, 0.25) is 11.8 Å². The van der Waals surface area contributed by atoms with Crippen LogP contribution in [0.5, 0.6) is 0 Å². The number of hydrogen-bond donors (Lipinski definition) is 1. The topological polar surface area (TPSA) is 68.0 Å². The van der Waals surface area contributed by atoms with Gasteiger partial charge in [-0.1, -0.05) is 53.7 Å². The summed E-state index contributed by atoms with van der Waals surface area (Å²) in [5.74, 6) is -0.309. The molecule has 0 radical (unpaired) electrons. The van der Waals surface area contributed by atoms with Gasteiger partial charge in [0.1, 0.15) is 11.9 Å². The monoisotopic (exact) mass is 337 g/mol. The van der Waals surface area contributed by atoms with Crippen LogP contribution in [0, 0.1) is 12.7 Å². The largest absolute Gasteiger partial charge is 0.340 e. The van der Waals surface area contributed by atoms with Gasteiger partial charge in [0.05, 0.1) is 0 Å². The molecule has 1 heterocycles. The molecule has 0 aliphatic rings. The maximum Gasteiger partial charge on any atom is 0.244 e. The molecule has 0 saturated carbocycles. The fourth-order valence-electron chi connectivity index (χ4n) is 2.35. The zero-order valence-corrected chi connectivity index (χ0v) is 13.5. The van der Waals surface area contributed by atoms with E-state index in [4.69, 9.17) is 4.52 Å². The minimum Gasteiger partial charge on any atom is -0.340 e. The molecule has 1 unspecified atom stereocenters. The lowest BCUT2D eigenvalue weighted by Gasteiger charge is -2.15. The summed E-state index contributed by atoms with van der Waals surface area (Å²) in [4.78, 5) is 16.4. The maximum atomic E-state index is 14.2. The van der Waals surface area contributed by atoms with Gasteiger partial charge in [0.15, 0.2) is 5.82 Å². The van der Waals surface area contributed by atoms with Gasteiger partial charge in [-0.3, -0.25) is 4.79 Å². The smallest absolute Gasteiger partial charge is 0.244 e. The molecule has 0 bridgehead atoms. The Morgan fingerprint density at radius 3 is 2.56 bits per heavy atom. The predicted molar refractivity (Wildman–Crippen MR) is 90.9 cm³/mol. The maximum absolute atomic E-state index is 14.2. The summed E-state index contributed by atoms with van der Waals surface area (Å²) in [5.41, 5.74) is 1.15. The van der Waals surface area contributed by atoms with Gasteiger partial charge < -0.3 is 9.84 Å². The van der Waals surface area contributed by atoms with Crippen molar-refractivity contribution < 1.29 is 13.7 Å². The molecule has 126 valence electrons. The third kappa shape index (κ3) is 4.17. The van der Waals surface area contributed by atoms with E-state index in [1.807, 2.05) is 30.3 Å². The van der Waals surface area contributed by atoms with Crippen LogP contribution in [0.15, 0.2) is 65.2 Å². The van der Waals surface area contributed by atoms with Crippen LogP contribution >= 0.6 is 0 Å². The van der Waals surface area contributed by atoms with Crippen molar-refractivity contribution in [1.82, 2.24) is 15.5 Å². The second-order valence-electron chi connectivity index (χ2n) is 5.38. The highest BCUT2D eigenvalue weighted by molar-refractivity contribution is 5.92. The molecule has 3 aromatic rings. The quantitative estimate of drug-likeness (QED) is 0.724. The highest BCUT2D eigenvalue weighted by Crippen LogP contribution is 2.22. The van der Waals surface area contributed by atoms with Gasteiger partial charge in [0.25, 0.3) is 0 Å². The second kappa shape index (κ2) is 7.53. The van der Waals surface area contributed by atoms with Gasteiger partial charge in [-0.2, -0.15) is 4.98 Å². The third-order valence-electron chi connectivity index (χ3n) is 3.53. The lowest BCUT2D eigenvalue weighted by atomic mass is 10.1. The highest BCUT2D eigenvalue weighted by Gasteiger charge is 2.23. The van der Waals surface area contributed by atoms with Crippen molar-refractivity contribution in [2.24, 2.45) is 0 Å². The van der Waals surface area contributed by atoms with Crippen LogP contribution in [0.2, 0.25) is 0 Å². The molecule has 2 aromatic carbocycles. The number of aryl methyl sites for hydroxylation is 1. The van der Waals surface area contributed by atoms with E-state index in [0.717, 1.165) is 5.56 Å². The van der Waals surface area contributed by atoms with E-state index < -0.39 is 11.9 Å². The Morgan fingerprint density at radius 2 is 1.88 bits per heavy atom. The molecule has 0 aliphatic heterocycles. The fourth-order valence-corrected chi connectivity index (χ4v) is 2.35. The lowest BCUT2D eigenvalue weighted by Crippen LogP contribution is -2.29. The molecule has 5 nitrogen and oxygen atoms in total. The van der Waals surface area contributed by atoms with E-state index >= 15 is 0 Å². The molecular weight excluding hydrogens is 321 g/mol. The number of amides is 1. The van der Waals surface area contributed by atoms with Gasteiger partial charge in [-0.25, -0.2) is 4.39 Å². The average molecular weight is 337 g/mol. The van der Waals surface area contributed by atoms with Crippen LogP contribution in [0.4, 0.5) is 4.39 Å². The molecule has 1 amide bonds. The van der Waals surface area contributed by atoms with Gasteiger partial charge in [-0.15, -0.1) is 0 Å². The van der Waals surface area contributed by atoms with Crippen LogP contribution in [0.1, 0.15) is 28.9 Å². The van der Waals surface area contributed by atoms with E-state index in [1.54, 1.807) is 31.2 Å². The molecule has 0 saturated heterocycles. The second-order valence-corrected chi connectivity index (χ2v) is 5.38. The number of nitrogens with zero attached hydrogens (tertiary/aromatic N) is 2. The molecule has 6 heteroatoms. The number of rotatable bonds is 5. The van der Waals surface area contributed by atoms with Gasteiger partial charge in [-0.05, 0) is 17.7 Å². The van der Waals surface area contributed by atoms with Crippen molar-refractivity contribution in [3.63, 3.8) is 0 Å². The summed E-state index contributed by atoms with van der Waals surface area (Å²) < 4.78 is 19.1. The molecule has 0 spiro atoms. The van der Waals surface area contributed by atoms with E-state index in [1.165, 1.54) is 12.1 Å². The van der Waals surface area contributed by atoms with Crippen LogP contribution in [-0.4, -0.2) is 16.0 Å². The molecular formula is C19H16FN3O2.